The lowest BCUT2D eigenvalue weighted by molar-refractivity contribution is -0.206. The standard InChI is InChI=1S/C6H6F3NOS/c1-3-2-10-5(12-3)4(11)6(7,8)9/h2,4,11H,1H3. The van der Waals surface area contributed by atoms with Gasteiger partial charge in [-0.25, -0.2) is 4.98 Å². The summed E-state index contributed by atoms with van der Waals surface area (Å²) in [5.41, 5.74) is 0. The molecule has 1 atom stereocenters. The van der Waals surface area contributed by atoms with E-state index < -0.39 is 12.3 Å². The van der Waals surface area contributed by atoms with Crippen LogP contribution in [0.1, 0.15) is 16.0 Å². The van der Waals surface area contributed by atoms with E-state index in [1.54, 1.807) is 6.92 Å². The van der Waals surface area contributed by atoms with Crippen LogP contribution in [0.2, 0.25) is 0 Å². The van der Waals surface area contributed by atoms with E-state index in [2.05, 4.69) is 4.98 Å². The minimum Gasteiger partial charge on any atom is -0.377 e. The summed E-state index contributed by atoms with van der Waals surface area (Å²) in [4.78, 5) is 4.08. The number of thiazole rings is 1. The number of aliphatic hydroxyl groups excluding tert-OH is 1. The average Bonchev–Trinajstić information content (AvgIpc) is 2.32. The quantitative estimate of drug-likeness (QED) is 0.747. The number of aromatic nitrogens is 1. The van der Waals surface area contributed by atoms with Crippen molar-refractivity contribution in [2.24, 2.45) is 0 Å². The number of rotatable bonds is 1. The molecule has 1 unspecified atom stereocenters. The Morgan fingerprint density at radius 3 is 2.50 bits per heavy atom. The van der Waals surface area contributed by atoms with Gasteiger partial charge in [0.05, 0.1) is 0 Å². The summed E-state index contributed by atoms with van der Waals surface area (Å²) in [7, 11) is 0. The van der Waals surface area contributed by atoms with Crippen LogP contribution in [0, 0.1) is 6.92 Å². The van der Waals surface area contributed by atoms with Gasteiger partial charge in [-0.1, -0.05) is 0 Å². The van der Waals surface area contributed by atoms with Crippen molar-refractivity contribution in [2.45, 2.75) is 19.2 Å². The zero-order valence-corrected chi connectivity index (χ0v) is 6.91. The Kier molecular flexibility index (Phi) is 2.39. The lowest BCUT2D eigenvalue weighted by Gasteiger charge is -2.10. The van der Waals surface area contributed by atoms with Gasteiger partial charge in [-0.3, -0.25) is 0 Å². The third-order valence-electron chi connectivity index (χ3n) is 1.18. The molecule has 1 heterocycles. The molecule has 0 saturated carbocycles. The molecule has 1 aromatic rings. The molecule has 2 nitrogen and oxygen atoms in total. The average molecular weight is 197 g/mol. The molecule has 1 aromatic heterocycles. The van der Waals surface area contributed by atoms with E-state index in [-0.39, 0.29) is 5.01 Å². The van der Waals surface area contributed by atoms with Gasteiger partial charge >= 0.3 is 6.18 Å². The van der Waals surface area contributed by atoms with Crippen LogP contribution in [0.3, 0.4) is 0 Å². The molecular formula is C6H6F3NOS. The molecule has 68 valence electrons. The molecule has 0 spiro atoms. The predicted octanol–water partition coefficient (Wildman–Crippen LogP) is 2.05. The first-order valence-corrected chi connectivity index (χ1v) is 3.90. The Morgan fingerprint density at radius 2 is 2.17 bits per heavy atom. The fourth-order valence-corrected chi connectivity index (χ4v) is 1.42. The second kappa shape index (κ2) is 3.02. The van der Waals surface area contributed by atoms with Gasteiger partial charge in [0.25, 0.3) is 0 Å². The van der Waals surface area contributed by atoms with Crippen molar-refractivity contribution >= 4 is 11.3 Å². The SMILES string of the molecule is Cc1cnc(C(O)C(F)(F)F)s1. The Morgan fingerprint density at radius 1 is 1.58 bits per heavy atom. The predicted molar refractivity (Wildman–Crippen MR) is 37.9 cm³/mol. The monoisotopic (exact) mass is 197 g/mol. The van der Waals surface area contributed by atoms with Crippen LogP contribution in [0.25, 0.3) is 0 Å². The molecule has 12 heavy (non-hydrogen) atoms. The number of halogens is 3. The zero-order chi connectivity index (χ0) is 9.35. The molecule has 0 bridgehead atoms. The summed E-state index contributed by atoms with van der Waals surface area (Å²) in [6, 6.07) is 0. The van der Waals surface area contributed by atoms with Crippen molar-refractivity contribution in [3.05, 3.63) is 16.1 Å². The summed E-state index contributed by atoms with van der Waals surface area (Å²) in [6.07, 6.45) is -5.77. The first-order chi connectivity index (χ1) is 5.41. The fourth-order valence-electron chi connectivity index (χ4n) is 0.639. The molecule has 0 aliphatic rings. The third kappa shape index (κ3) is 1.95. The molecule has 1 rings (SSSR count). The topological polar surface area (TPSA) is 33.1 Å². The molecule has 0 aliphatic carbocycles. The lowest BCUT2D eigenvalue weighted by Crippen LogP contribution is -2.19. The molecule has 6 heteroatoms. The van der Waals surface area contributed by atoms with E-state index >= 15 is 0 Å². The number of hydrogen-bond donors (Lipinski definition) is 1. The Hall–Kier alpha value is -0.620. The maximum atomic E-state index is 11.9. The lowest BCUT2D eigenvalue weighted by atomic mass is 10.4. The van der Waals surface area contributed by atoms with E-state index in [0.717, 1.165) is 11.3 Å². The van der Waals surface area contributed by atoms with Gasteiger partial charge in [-0.05, 0) is 6.92 Å². The minimum absolute atomic E-state index is 0.306. The number of aliphatic hydroxyl groups is 1. The van der Waals surface area contributed by atoms with Gasteiger partial charge in [0.15, 0.2) is 0 Å². The molecule has 0 radical (unpaired) electrons. The molecule has 1 N–H and O–H groups in total. The van der Waals surface area contributed by atoms with Gasteiger partial charge in [0.1, 0.15) is 5.01 Å². The van der Waals surface area contributed by atoms with Gasteiger partial charge < -0.3 is 5.11 Å². The van der Waals surface area contributed by atoms with Gasteiger partial charge in [-0.15, -0.1) is 11.3 Å². The van der Waals surface area contributed by atoms with Crippen LogP contribution in [0.15, 0.2) is 6.20 Å². The van der Waals surface area contributed by atoms with Crippen molar-refractivity contribution in [1.82, 2.24) is 4.98 Å². The number of nitrogens with zero attached hydrogens (tertiary/aromatic N) is 1. The Labute approximate surface area is 70.7 Å². The summed E-state index contributed by atoms with van der Waals surface area (Å²) in [5, 5.41) is 8.39. The van der Waals surface area contributed by atoms with Crippen molar-refractivity contribution in [3.63, 3.8) is 0 Å². The highest BCUT2D eigenvalue weighted by molar-refractivity contribution is 7.11. The van der Waals surface area contributed by atoms with Crippen LogP contribution in [0.4, 0.5) is 13.2 Å². The molecule has 0 aliphatic heterocycles. The van der Waals surface area contributed by atoms with Crippen molar-refractivity contribution in [3.8, 4) is 0 Å². The zero-order valence-electron chi connectivity index (χ0n) is 6.09. The van der Waals surface area contributed by atoms with Crippen LogP contribution >= 0.6 is 11.3 Å². The smallest absolute Gasteiger partial charge is 0.377 e. The Balaban J connectivity index is 2.85. The van der Waals surface area contributed by atoms with Crippen LogP contribution in [-0.4, -0.2) is 16.3 Å². The first kappa shape index (κ1) is 9.47. The molecular weight excluding hydrogens is 191 g/mol. The maximum Gasteiger partial charge on any atom is 0.420 e. The van der Waals surface area contributed by atoms with Crippen molar-refractivity contribution < 1.29 is 18.3 Å². The van der Waals surface area contributed by atoms with E-state index in [1.807, 2.05) is 0 Å². The maximum absolute atomic E-state index is 11.9. The fraction of sp³-hybridized carbons (Fsp3) is 0.500. The second-order valence-electron chi connectivity index (χ2n) is 2.25. The van der Waals surface area contributed by atoms with Gasteiger partial charge in [0.2, 0.25) is 6.10 Å². The summed E-state index contributed by atoms with van der Waals surface area (Å²) in [6.45, 7) is 1.63. The normalized spacial score (nSPS) is 14.8. The minimum atomic E-state index is -4.62. The van der Waals surface area contributed by atoms with E-state index in [0.29, 0.717) is 4.88 Å². The molecule has 0 fully saturated rings. The molecule has 0 saturated heterocycles. The van der Waals surface area contributed by atoms with Gasteiger partial charge in [-0.2, -0.15) is 13.2 Å². The van der Waals surface area contributed by atoms with Crippen molar-refractivity contribution in [1.29, 1.82) is 0 Å². The molecule has 0 amide bonds. The highest BCUT2D eigenvalue weighted by Gasteiger charge is 2.41. The summed E-state index contributed by atoms with van der Waals surface area (Å²) >= 11 is 0.842. The third-order valence-corrected chi connectivity index (χ3v) is 2.15. The largest absolute Gasteiger partial charge is 0.420 e. The van der Waals surface area contributed by atoms with E-state index in [9.17, 15) is 13.2 Å². The van der Waals surface area contributed by atoms with Gasteiger partial charge in [0, 0.05) is 11.1 Å². The summed E-state index contributed by atoms with van der Waals surface area (Å²) in [5.74, 6) is 0. The van der Waals surface area contributed by atoms with Crippen molar-refractivity contribution in [2.75, 3.05) is 0 Å². The Bertz CT molecular complexity index is 270. The van der Waals surface area contributed by atoms with E-state index in [4.69, 9.17) is 5.11 Å². The number of hydrogen-bond acceptors (Lipinski definition) is 3. The van der Waals surface area contributed by atoms with Crippen LogP contribution in [0.5, 0.6) is 0 Å². The highest BCUT2D eigenvalue weighted by atomic mass is 32.1. The van der Waals surface area contributed by atoms with Crippen LogP contribution < -0.4 is 0 Å². The number of alkyl halides is 3. The first-order valence-electron chi connectivity index (χ1n) is 3.08. The summed E-state index contributed by atoms with van der Waals surface area (Å²) < 4.78 is 35.6. The van der Waals surface area contributed by atoms with Crippen LogP contribution in [-0.2, 0) is 0 Å². The highest BCUT2D eigenvalue weighted by Crippen LogP contribution is 2.33. The van der Waals surface area contributed by atoms with E-state index in [1.165, 1.54) is 6.20 Å². The second-order valence-corrected chi connectivity index (χ2v) is 3.52. The number of aryl methyl sites for hydroxylation is 1. The molecule has 0 aromatic carbocycles.